The Kier molecular flexibility index (Phi) is 34.0. The van der Waals surface area contributed by atoms with Crippen molar-refractivity contribution in [2.24, 2.45) is 0 Å². The Bertz CT molecular complexity index is 5300. The van der Waals surface area contributed by atoms with Gasteiger partial charge in [0.2, 0.25) is 0 Å². The summed E-state index contributed by atoms with van der Waals surface area (Å²) in [6.45, 7) is 14.5. The molecule has 21 nitrogen and oxygen atoms in total. The molecule has 12 aromatic rings. The molecule has 0 unspecified atom stereocenters. The van der Waals surface area contributed by atoms with Crippen molar-refractivity contribution in [3.63, 3.8) is 0 Å². The second-order valence-corrected chi connectivity index (χ2v) is 32.3. The number of hydrogen-bond acceptors (Lipinski definition) is 21. The van der Waals surface area contributed by atoms with Crippen LogP contribution in [0.2, 0.25) is 5.02 Å². The summed E-state index contributed by atoms with van der Waals surface area (Å²) in [6.07, 6.45) is 12.6. The van der Waals surface area contributed by atoms with Crippen LogP contribution in [0.5, 0.6) is 28.7 Å². The van der Waals surface area contributed by atoms with Crippen LogP contribution >= 0.6 is 11.6 Å². The number of methoxy groups -OCH3 is 4. The van der Waals surface area contributed by atoms with Crippen LogP contribution in [0.25, 0.3) is 49.7 Å². The number of nitrogens with one attached hydrogen (secondary N) is 4. The Labute approximate surface area is 728 Å². The Morgan fingerprint density at radius 1 is 0.371 bits per heavy atom. The minimum Gasteiger partial charge on any atom is -0.497 e. The van der Waals surface area contributed by atoms with Gasteiger partial charge in [-0.15, -0.1) is 13.2 Å². The number of nitrogens with zero attached hydrogens (tertiary/aromatic N) is 4. The van der Waals surface area contributed by atoms with E-state index in [-0.39, 0.29) is 60.5 Å². The zero-order chi connectivity index (χ0) is 86.5. The molecule has 0 amide bonds. The van der Waals surface area contributed by atoms with Gasteiger partial charge >= 0.3 is 6.36 Å². The summed E-state index contributed by atoms with van der Waals surface area (Å²) in [6, 6.07) is 65.3. The number of benzene rings is 8. The first kappa shape index (κ1) is 91.4. The van der Waals surface area contributed by atoms with E-state index in [0.717, 1.165) is 147 Å². The average molecular weight is 1710 g/mol. The number of fused-ring (bicyclic) bond motifs is 4. The highest BCUT2D eigenvalue weighted by molar-refractivity contribution is 6.30. The number of halogens is 4. The fourth-order valence-corrected chi connectivity index (χ4v) is 15.0. The molecule has 16 rings (SSSR count). The number of aryl methyl sites for hydroxylation is 4. The molecule has 0 atom stereocenters. The average Bonchev–Trinajstić information content (AvgIpc) is 0.834. The van der Waals surface area contributed by atoms with E-state index in [0.29, 0.717) is 65.8 Å². The maximum Gasteiger partial charge on any atom is 0.573 e. The Hall–Kier alpha value is -10.3. The lowest BCUT2D eigenvalue weighted by atomic mass is 9.87. The van der Waals surface area contributed by atoms with Gasteiger partial charge in [0.15, 0.2) is 25.2 Å². The minimum absolute atomic E-state index is 0.00151. The van der Waals surface area contributed by atoms with Crippen molar-refractivity contribution in [3.8, 4) is 28.7 Å². The monoisotopic (exact) mass is 1710 g/mol. The van der Waals surface area contributed by atoms with E-state index in [9.17, 15) is 13.2 Å². The standard InChI is InChI=1S/C27H34N2O3.C25H28N2O3.C24H25F3N2O4.C23H25ClN2O3/c1-27(2,3)21-8-5-19(6-9-21)16-29-22-17-31-26(32-18-22)12-7-20-13-14-28-25-11-10-23(30-4)15-24(20)25;1-28-22-10-11-24-23(16-22)20(13-15-27-24)9-12-25-29-17-21(18-30-25)26-14-5-8-19-6-3-2-4-7-19;1-30-20-7-8-22-21(12-20)17(10-11-28-22)4-9-23-31-14-18(15-32-23)29-13-16-2-5-19(6-3-16)33-24(25,26)27;1-27-20-7-8-22-21(12-20)17(10-11-25-22)4-9-23-28-14-19(15-29-23)26-13-16-2-5-18(24)6-3-16/h5-6,8-11,13-15,22,26,29H,7,12,16-18H2,1-4H3;2-8,10-11,13,15-16,21,25-26H,9,12,14,17-18H2,1H3;2-3,5-8,10-12,18,23,29H,4,9,13-15H2,1H3;2-3,5-8,10-12,19,23,26H,4,9,13-15H2,1H3/b;8-5+;;. The molecule has 654 valence electrons. The second kappa shape index (κ2) is 46.1. The van der Waals surface area contributed by atoms with E-state index in [1.54, 1.807) is 46.8 Å². The van der Waals surface area contributed by atoms with Gasteiger partial charge in [-0.2, -0.15) is 0 Å². The van der Waals surface area contributed by atoms with Crippen molar-refractivity contribution in [2.75, 3.05) is 87.8 Å². The predicted octanol–water partition coefficient (Wildman–Crippen LogP) is 18.2. The van der Waals surface area contributed by atoms with E-state index in [2.05, 4.69) is 133 Å². The molecule has 8 heterocycles. The lowest BCUT2D eigenvalue weighted by Gasteiger charge is -2.30. The van der Waals surface area contributed by atoms with Crippen LogP contribution in [0.4, 0.5) is 13.2 Å². The Morgan fingerprint density at radius 2 is 0.669 bits per heavy atom. The van der Waals surface area contributed by atoms with Gasteiger partial charge in [-0.05, 0) is 202 Å². The molecule has 4 N–H and O–H groups in total. The van der Waals surface area contributed by atoms with E-state index in [1.807, 2.05) is 140 Å². The lowest BCUT2D eigenvalue weighted by Crippen LogP contribution is -2.44. The number of alkyl halides is 3. The molecular formula is C99H112ClF3N8O13. The first-order valence-corrected chi connectivity index (χ1v) is 42.7. The van der Waals surface area contributed by atoms with Gasteiger partial charge < -0.3 is 82.8 Å². The van der Waals surface area contributed by atoms with Crippen molar-refractivity contribution in [2.45, 2.75) is 153 Å². The summed E-state index contributed by atoms with van der Waals surface area (Å²) in [4.78, 5) is 17.7. The third kappa shape index (κ3) is 28.1. The highest BCUT2D eigenvalue weighted by atomic mass is 35.5. The SMILES string of the molecule is COc1ccc2nccc(CCC3OCC(NC/C=C/c4ccccc4)CO3)c2c1.COc1ccc2nccc(CCC3OCC(NCc4ccc(C(C)(C)C)cc4)CO3)c2c1.COc1ccc2nccc(CCC3OCC(NCc4ccc(Cl)cc4)CO3)c2c1.COc1ccc2nccc(CCC3OCC(NCc4ccc(OC(F)(F)F)cc4)CO3)c2c1. The fourth-order valence-electron chi connectivity index (χ4n) is 14.8. The molecule has 0 saturated carbocycles. The largest absolute Gasteiger partial charge is 0.573 e. The van der Waals surface area contributed by atoms with Gasteiger partial charge in [-0.25, -0.2) is 0 Å². The van der Waals surface area contributed by atoms with E-state index in [4.69, 9.17) is 68.4 Å². The lowest BCUT2D eigenvalue weighted by molar-refractivity contribution is -0.274. The van der Waals surface area contributed by atoms with E-state index in [1.165, 1.54) is 51.1 Å². The predicted molar refractivity (Wildman–Crippen MR) is 478 cm³/mol. The molecular weight excluding hydrogens is 1600 g/mol. The van der Waals surface area contributed by atoms with Gasteiger partial charge in [0, 0.05) is 103 Å². The summed E-state index contributed by atoms with van der Waals surface area (Å²) in [5.41, 5.74) is 14.8. The van der Waals surface area contributed by atoms with Crippen molar-refractivity contribution in [3.05, 3.63) is 286 Å². The highest BCUT2D eigenvalue weighted by Gasteiger charge is 2.32. The molecule has 0 spiro atoms. The summed E-state index contributed by atoms with van der Waals surface area (Å²) >= 11 is 5.93. The van der Waals surface area contributed by atoms with Crippen LogP contribution in [0.1, 0.15) is 96.5 Å². The van der Waals surface area contributed by atoms with Crippen LogP contribution in [-0.2, 0) is 88.6 Å². The van der Waals surface area contributed by atoms with Crippen LogP contribution in [-0.4, -0.2) is 163 Å². The Balaban J connectivity index is 0.000000142. The number of rotatable bonds is 30. The molecule has 4 aliphatic rings. The van der Waals surface area contributed by atoms with E-state index < -0.39 is 6.36 Å². The molecule has 124 heavy (non-hydrogen) atoms. The Morgan fingerprint density at radius 3 is 0.976 bits per heavy atom. The molecule has 4 fully saturated rings. The van der Waals surface area contributed by atoms with Crippen molar-refractivity contribution < 1.29 is 74.8 Å². The zero-order valence-corrected chi connectivity index (χ0v) is 72.1. The summed E-state index contributed by atoms with van der Waals surface area (Å²) in [5, 5.41) is 19.0. The molecule has 25 heteroatoms. The smallest absolute Gasteiger partial charge is 0.497 e. The first-order chi connectivity index (χ1) is 60.3. The molecule has 0 aliphatic carbocycles. The molecule has 8 aromatic carbocycles. The van der Waals surface area contributed by atoms with Crippen LogP contribution in [0.3, 0.4) is 0 Å². The topological polar surface area (TPSA) is 220 Å². The third-order valence-electron chi connectivity index (χ3n) is 21.9. The van der Waals surface area contributed by atoms with Gasteiger partial charge in [0.25, 0.3) is 0 Å². The van der Waals surface area contributed by atoms with Crippen LogP contribution in [0, 0.1) is 0 Å². The summed E-state index contributed by atoms with van der Waals surface area (Å²) < 4.78 is 109. The fraction of sp³-hybridized carbons (Fsp3) is 0.374. The quantitative estimate of drug-likeness (QED) is 0.0329. The molecule has 0 radical (unpaired) electrons. The second-order valence-electron chi connectivity index (χ2n) is 31.9. The van der Waals surface area contributed by atoms with Gasteiger partial charge in [-0.1, -0.05) is 123 Å². The van der Waals surface area contributed by atoms with Crippen molar-refractivity contribution in [1.82, 2.24) is 41.2 Å². The number of ether oxygens (including phenoxy) is 13. The number of aromatic nitrogens is 4. The molecule has 4 aliphatic heterocycles. The van der Waals surface area contributed by atoms with Crippen molar-refractivity contribution in [1.29, 1.82) is 0 Å². The van der Waals surface area contributed by atoms with Gasteiger partial charge in [-0.3, -0.25) is 19.9 Å². The maximum absolute atomic E-state index is 12.2. The molecule has 4 saturated heterocycles. The first-order valence-electron chi connectivity index (χ1n) is 42.3. The minimum atomic E-state index is -4.69. The van der Waals surface area contributed by atoms with E-state index >= 15 is 0 Å². The van der Waals surface area contributed by atoms with Crippen molar-refractivity contribution >= 4 is 61.3 Å². The summed E-state index contributed by atoms with van der Waals surface area (Å²) in [5.74, 6) is 3.08. The normalized spacial score (nSPS) is 19.2. The van der Waals surface area contributed by atoms with Crippen LogP contribution < -0.4 is 45.0 Å². The summed E-state index contributed by atoms with van der Waals surface area (Å²) in [7, 11) is 6.69. The molecule has 0 bridgehead atoms. The number of pyridine rings is 4. The maximum atomic E-state index is 12.2. The van der Waals surface area contributed by atoms with Gasteiger partial charge in [0.1, 0.15) is 28.7 Å². The van der Waals surface area contributed by atoms with Gasteiger partial charge in [0.05, 0.1) is 128 Å². The third-order valence-corrected chi connectivity index (χ3v) is 22.2. The van der Waals surface area contributed by atoms with Crippen LogP contribution in [0.15, 0.2) is 231 Å². The number of hydrogen-bond donors (Lipinski definition) is 4. The zero-order valence-electron chi connectivity index (χ0n) is 71.4. The highest BCUT2D eigenvalue weighted by Crippen LogP contribution is 2.32. The molecule has 4 aromatic heterocycles.